The topological polar surface area (TPSA) is 70.2 Å². The van der Waals surface area contributed by atoms with E-state index < -0.39 is 5.97 Å². The number of hydrogen-bond acceptors (Lipinski definition) is 2. The van der Waals surface area contributed by atoms with Gasteiger partial charge in [0, 0.05) is 40.0 Å². The molecule has 4 nitrogen and oxygen atoms in total. The number of ketones is 1. The number of aromatic amines is 1. The summed E-state index contributed by atoms with van der Waals surface area (Å²) < 4.78 is 0.930. The molecule has 0 amide bonds. The first kappa shape index (κ1) is 13.8. The average molecular weight is 324 g/mol. The molecular weight excluding hydrogens is 310 g/mol. The predicted molar refractivity (Wildman–Crippen MR) is 76.4 cm³/mol. The lowest BCUT2D eigenvalue weighted by molar-refractivity contribution is -0.137. The Bertz CT molecular complexity index is 618. The molecule has 2 rings (SSSR count). The molecule has 0 aliphatic carbocycles. The highest BCUT2D eigenvalue weighted by molar-refractivity contribution is 9.10. The Labute approximate surface area is 118 Å². The van der Waals surface area contributed by atoms with Gasteiger partial charge < -0.3 is 10.1 Å². The molecule has 2 N–H and O–H groups in total. The number of H-pyrrole nitrogens is 1. The zero-order chi connectivity index (χ0) is 13.8. The Morgan fingerprint density at radius 2 is 1.95 bits per heavy atom. The van der Waals surface area contributed by atoms with Crippen LogP contribution in [0.5, 0.6) is 0 Å². The van der Waals surface area contributed by atoms with Gasteiger partial charge >= 0.3 is 5.97 Å². The fourth-order valence-electron chi connectivity index (χ4n) is 2.02. The Morgan fingerprint density at radius 1 is 1.21 bits per heavy atom. The summed E-state index contributed by atoms with van der Waals surface area (Å²) in [5.74, 6) is -0.766. The minimum absolute atomic E-state index is 0.0507. The van der Waals surface area contributed by atoms with Crippen molar-refractivity contribution in [1.82, 2.24) is 4.98 Å². The molecule has 0 atom stereocenters. The molecule has 0 bridgehead atoms. The first-order chi connectivity index (χ1) is 9.08. The molecular formula is C14H14BrNO3. The standard InChI is InChI=1S/C14H14BrNO3/c15-9-5-6-12-10(7-9)11(8-16-12)13(17)3-1-2-4-14(18)19/h5-8,16H,1-4H2,(H,18,19). The van der Waals surface area contributed by atoms with Crippen molar-refractivity contribution in [2.24, 2.45) is 0 Å². The van der Waals surface area contributed by atoms with Crippen LogP contribution in [0.3, 0.4) is 0 Å². The van der Waals surface area contributed by atoms with Gasteiger partial charge in [-0.1, -0.05) is 15.9 Å². The van der Waals surface area contributed by atoms with Crippen molar-refractivity contribution >= 4 is 38.6 Å². The Kier molecular flexibility index (Phi) is 4.37. The zero-order valence-electron chi connectivity index (χ0n) is 10.3. The van der Waals surface area contributed by atoms with Gasteiger partial charge in [0.25, 0.3) is 0 Å². The van der Waals surface area contributed by atoms with Gasteiger partial charge in [-0.25, -0.2) is 0 Å². The Balaban J connectivity index is 2.05. The molecule has 5 heteroatoms. The number of benzene rings is 1. The maximum atomic E-state index is 12.1. The summed E-state index contributed by atoms with van der Waals surface area (Å²) in [5, 5.41) is 9.44. The summed E-state index contributed by atoms with van der Waals surface area (Å²) in [7, 11) is 0. The Hall–Kier alpha value is -1.62. The van der Waals surface area contributed by atoms with Crippen molar-refractivity contribution in [2.45, 2.75) is 25.7 Å². The van der Waals surface area contributed by atoms with Crippen LogP contribution in [0.15, 0.2) is 28.9 Å². The summed E-state index contributed by atoms with van der Waals surface area (Å²) in [6.45, 7) is 0. The summed E-state index contributed by atoms with van der Waals surface area (Å²) in [6, 6.07) is 5.75. The van der Waals surface area contributed by atoms with Gasteiger partial charge in [-0.3, -0.25) is 9.59 Å². The van der Waals surface area contributed by atoms with Gasteiger partial charge in [-0.15, -0.1) is 0 Å². The molecule has 0 spiro atoms. The largest absolute Gasteiger partial charge is 0.481 e. The molecule has 1 heterocycles. The summed E-state index contributed by atoms with van der Waals surface area (Å²) in [4.78, 5) is 25.6. The molecule has 19 heavy (non-hydrogen) atoms. The van der Waals surface area contributed by atoms with E-state index in [1.807, 2.05) is 18.2 Å². The van der Waals surface area contributed by atoms with E-state index in [2.05, 4.69) is 20.9 Å². The monoisotopic (exact) mass is 323 g/mol. The van der Waals surface area contributed by atoms with E-state index in [0.717, 1.165) is 15.4 Å². The van der Waals surface area contributed by atoms with Gasteiger partial charge in [0.15, 0.2) is 5.78 Å². The number of carbonyl (C=O) groups is 2. The number of aromatic nitrogens is 1. The fourth-order valence-corrected chi connectivity index (χ4v) is 2.38. The molecule has 0 aliphatic heterocycles. The zero-order valence-corrected chi connectivity index (χ0v) is 11.9. The lowest BCUT2D eigenvalue weighted by Gasteiger charge is -1.99. The van der Waals surface area contributed by atoms with Gasteiger partial charge in [0.2, 0.25) is 0 Å². The number of Topliss-reactive ketones (excluding diaryl/α,β-unsaturated/α-hetero) is 1. The number of rotatable bonds is 6. The van der Waals surface area contributed by atoms with Crippen molar-refractivity contribution in [3.8, 4) is 0 Å². The van der Waals surface area contributed by atoms with E-state index in [4.69, 9.17) is 5.11 Å². The van der Waals surface area contributed by atoms with Gasteiger partial charge in [0.1, 0.15) is 0 Å². The van der Waals surface area contributed by atoms with Crippen LogP contribution in [0.25, 0.3) is 10.9 Å². The van der Waals surface area contributed by atoms with Crippen LogP contribution in [-0.4, -0.2) is 21.8 Å². The molecule has 1 aromatic heterocycles. The van der Waals surface area contributed by atoms with E-state index in [0.29, 0.717) is 24.8 Å². The number of hydrogen-bond donors (Lipinski definition) is 2. The normalized spacial score (nSPS) is 10.8. The second kappa shape index (κ2) is 6.02. The number of unbranched alkanes of at least 4 members (excludes halogenated alkanes) is 1. The molecule has 2 aromatic rings. The number of halogens is 1. The number of aliphatic carboxylic acids is 1. The van der Waals surface area contributed by atoms with Crippen LogP contribution in [0.4, 0.5) is 0 Å². The third-order valence-electron chi connectivity index (χ3n) is 2.99. The molecule has 0 saturated carbocycles. The van der Waals surface area contributed by atoms with Gasteiger partial charge in [-0.2, -0.15) is 0 Å². The number of nitrogens with one attached hydrogen (secondary N) is 1. The SMILES string of the molecule is O=C(O)CCCCC(=O)c1c[nH]c2ccc(Br)cc12. The third-order valence-corrected chi connectivity index (χ3v) is 3.48. The lowest BCUT2D eigenvalue weighted by Crippen LogP contribution is -1.99. The molecule has 0 radical (unpaired) electrons. The third kappa shape index (κ3) is 3.44. The van der Waals surface area contributed by atoms with Crippen molar-refractivity contribution in [3.63, 3.8) is 0 Å². The minimum atomic E-state index is -0.816. The smallest absolute Gasteiger partial charge is 0.303 e. The van der Waals surface area contributed by atoms with Crippen LogP contribution in [0.1, 0.15) is 36.0 Å². The van der Waals surface area contributed by atoms with E-state index in [9.17, 15) is 9.59 Å². The Morgan fingerprint density at radius 3 is 2.68 bits per heavy atom. The average Bonchev–Trinajstić information content (AvgIpc) is 2.77. The molecule has 0 aliphatic rings. The second-order valence-electron chi connectivity index (χ2n) is 4.42. The number of fused-ring (bicyclic) bond motifs is 1. The fraction of sp³-hybridized carbons (Fsp3) is 0.286. The molecule has 1 aromatic carbocycles. The highest BCUT2D eigenvalue weighted by Crippen LogP contribution is 2.24. The van der Waals surface area contributed by atoms with Gasteiger partial charge in [-0.05, 0) is 31.0 Å². The van der Waals surface area contributed by atoms with Crippen molar-refractivity contribution in [1.29, 1.82) is 0 Å². The van der Waals surface area contributed by atoms with Crippen molar-refractivity contribution in [2.75, 3.05) is 0 Å². The summed E-state index contributed by atoms with van der Waals surface area (Å²) in [6.07, 6.45) is 3.36. The van der Waals surface area contributed by atoms with E-state index >= 15 is 0 Å². The second-order valence-corrected chi connectivity index (χ2v) is 5.33. The molecule has 0 saturated heterocycles. The predicted octanol–water partition coefficient (Wildman–Crippen LogP) is 3.76. The maximum absolute atomic E-state index is 12.1. The lowest BCUT2D eigenvalue weighted by atomic mass is 10.0. The van der Waals surface area contributed by atoms with E-state index in [-0.39, 0.29) is 12.2 Å². The van der Waals surface area contributed by atoms with Crippen LogP contribution in [-0.2, 0) is 4.79 Å². The maximum Gasteiger partial charge on any atom is 0.303 e. The minimum Gasteiger partial charge on any atom is -0.481 e. The molecule has 100 valence electrons. The molecule has 0 unspecified atom stereocenters. The highest BCUT2D eigenvalue weighted by atomic mass is 79.9. The first-order valence-corrected chi connectivity index (χ1v) is 6.89. The number of carbonyl (C=O) groups excluding carboxylic acids is 1. The van der Waals surface area contributed by atoms with Crippen LogP contribution >= 0.6 is 15.9 Å². The highest BCUT2D eigenvalue weighted by Gasteiger charge is 2.12. The van der Waals surface area contributed by atoms with Crippen molar-refractivity contribution in [3.05, 3.63) is 34.4 Å². The quantitative estimate of drug-likeness (QED) is 0.628. The summed E-state index contributed by atoms with van der Waals surface area (Å²) in [5.41, 5.74) is 1.60. The first-order valence-electron chi connectivity index (χ1n) is 6.09. The van der Waals surface area contributed by atoms with E-state index in [1.165, 1.54) is 0 Å². The van der Waals surface area contributed by atoms with Gasteiger partial charge in [0.05, 0.1) is 0 Å². The molecule has 0 fully saturated rings. The summed E-state index contributed by atoms with van der Waals surface area (Å²) >= 11 is 3.39. The number of carboxylic acid groups (broad SMARTS) is 1. The van der Waals surface area contributed by atoms with Crippen LogP contribution in [0.2, 0.25) is 0 Å². The van der Waals surface area contributed by atoms with Crippen LogP contribution in [0, 0.1) is 0 Å². The number of carboxylic acids is 1. The van der Waals surface area contributed by atoms with Crippen LogP contribution < -0.4 is 0 Å². The van der Waals surface area contributed by atoms with E-state index in [1.54, 1.807) is 6.20 Å². The van der Waals surface area contributed by atoms with Crippen molar-refractivity contribution < 1.29 is 14.7 Å².